The Bertz CT molecular complexity index is 965. The highest BCUT2D eigenvalue weighted by atomic mass is 35.5. The van der Waals surface area contributed by atoms with Crippen molar-refractivity contribution in [2.75, 3.05) is 25.6 Å². The van der Waals surface area contributed by atoms with Crippen molar-refractivity contribution < 1.29 is 28.3 Å². The van der Waals surface area contributed by atoms with Crippen LogP contribution >= 0.6 is 19.4 Å². The number of aliphatic hydroxyl groups is 2. The Balaban J connectivity index is 1.60. The van der Waals surface area contributed by atoms with E-state index in [0.717, 1.165) is 0 Å². The first-order valence-corrected chi connectivity index (χ1v) is 11.2. The molecule has 2 aliphatic rings. The number of halogens is 1. The highest BCUT2D eigenvalue weighted by molar-refractivity contribution is 7.48. The molecule has 11 nitrogen and oxygen atoms in total. The summed E-state index contributed by atoms with van der Waals surface area (Å²) in [6.45, 7) is 3.60. The summed E-state index contributed by atoms with van der Waals surface area (Å²) in [5.41, 5.74) is 5.82. The number of rotatable bonds is 8. The van der Waals surface area contributed by atoms with Gasteiger partial charge in [0.05, 0.1) is 38.3 Å². The Kier molecular flexibility index (Phi) is 5.35. The predicted molar refractivity (Wildman–Crippen MR) is 103 cm³/mol. The molecule has 4 rings (SSSR count). The zero-order valence-corrected chi connectivity index (χ0v) is 17.6. The Hall–Kier alpha value is -1.33. The normalized spacial score (nSPS) is 31.3. The van der Waals surface area contributed by atoms with E-state index >= 15 is 0 Å². The summed E-state index contributed by atoms with van der Waals surface area (Å²) in [5.74, 6) is -0.0249. The zero-order chi connectivity index (χ0) is 21.0. The summed E-state index contributed by atoms with van der Waals surface area (Å²) in [5, 5.41) is 21.4. The fourth-order valence-corrected chi connectivity index (χ4v) is 5.71. The van der Waals surface area contributed by atoms with E-state index in [1.807, 2.05) is 0 Å². The highest BCUT2D eigenvalue weighted by Crippen LogP contribution is 2.69. The number of phosphoric acid groups is 1. The van der Waals surface area contributed by atoms with Crippen LogP contribution in [0.15, 0.2) is 6.33 Å². The second-order valence-corrected chi connectivity index (χ2v) is 9.24. The number of anilines is 1. The van der Waals surface area contributed by atoms with Crippen LogP contribution in [0, 0.1) is 11.3 Å². The highest BCUT2D eigenvalue weighted by Gasteiger charge is 2.72. The third-order valence-corrected chi connectivity index (χ3v) is 7.42. The van der Waals surface area contributed by atoms with Crippen molar-refractivity contribution in [3.8, 4) is 0 Å². The fraction of sp³-hybridized carbons (Fsp3) is 0.688. The Morgan fingerprint density at radius 3 is 2.66 bits per heavy atom. The molecule has 160 valence electrons. The molecule has 0 aliphatic heterocycles. The maximum absolute atomic E-state index is 12.6. The van der Waals surface area contributed by atoms with Gasteiger partial charge < -0.3 is 20.5 Å². The van der Waals surface area contributed by atoms with Crippen LogP contribution in [0.3, 0.4) is 0 Å². The number of aromatic nitrogens is 4. The van der Waals surface area contributed by atoms with Crippen molar-refractivity contribution in [2.45, 2.75) is 38.5 Å². The van der Waals surface area contributed by atoms with Crippen LogP contribution in [-0.4, -0.2) is 61.8 Å². The van der Waals surface area contributed by atoms with Crippen LogP contribution in [0.25, 0.3) is 11.2 Å². The van der Waals surface area contributed by atoms with Crippen molar-refractivity contribution >= 4 is 36.4 Å². The monoisotopic (exact) mass is 447 g/mol. The first kappa shape index (κ1) is 20.9. The van der Waals surface area contributed by atoms with Crippen molar-refractivity contribution in [3.63, 3.8) is 0 Å². The number of fused-ring (bicyclic) bond motifs is 2. The largest absolute Gasteiger partial charge is 0.474 e. The molecular weight excluding hydrogens is 425 g/mol. The molecular formula is C16H23ClN5O6P. The van der Waals surface area contributed by atoms with Crippen molar-refractivity contribution in [2.24, 2.45) is 11.3 Å². The standard InChI is InChI=1S/C16H23ClN5O6P/c1-3-26-29(25,27-4-2)28-6-16-5-8(16)10(11(23)12(16)24)22-7-19-9-13(18)20-15(17)21-14(9)22/h7-8,10-12,23-24H,3-6H2,1-2H3,(H2,18,20,21)/t8-,10-,11+,12+,16?/m1/s1. The van der Waals surface area contributed by atoms with E-state index in [1.165, 1.54) is 6.33 Å². The van der Waals surface area contributed by atoms with Crippen molar-refractivity contribution in [1.82, 2.24) is 19.5 Å². The van der Waals surface area contributed by atoms with Gasteiger partial charge in [0.25, 0.3) is 0 Å². The minimum Gasteiger partial charge on any atom is -0.390 e. The molecule has 2 heterocycles. The molecule has 4 N–H and O–H groups in total. The molecule has 2 fully saturated rings. The second kappa shape index (κ2) is 7.42. The number of nitrogens with two attached hydrogens (primary N) is 1. The number of imidazole rings is 1. The smallest absolute Gasteiger partial charge is 0.390 e. The Morgan fingerprint density at radius 2 is 2.00 bits per heavy atom. The van der Waals surface area contributed by atoms with E-state index in [2.05, 4.69) is 15.0 Å². The number of nitrogens with zero attached hydrogens (tertiary/aromatic N) is 4. The molecule has 0 aromatic carbocycles. The molecule has 0 amide bonds. The molecule has 2 aromatic heterocycles. The van der Waals surface area contributed by atoms with Crippen LogP contribution in [-0.2, 0) is 18.1 Å². The van der Waals surface area contributed by atoms with Crippen LogP contribution in [0.4, 0.5) is 5.82 Å². The summed E-state index contributed by atoms with van der Waals surface area (Å²) < 4.78 is 30.0. The van der Waals surface area contributed by atoms with E-state index < -0.39 is 31.5 Å². The number of aliphatic hydroxyl groups excluding tert-OH is 2. The van der Waals surface area contributed by atoms with Crippen LogP contribution < -0.4 is 5.73 Å². The lowest BCUT2D eigenvalue weighted by atomic mass is 10.0. The quantitative estimate of drug-likeness (QED) is 0.400. The van der Waals surface area contributed by atoms with Gasteiger partial charge in [0, 0.05) is 5.41 Å². The molecule has 0 radical (unpaired) electrons. The van der Waals surface area contributed by atoms with Crippen LogP contribution in [0.5, 0.6) is 0 Å². The van der Waals surface area contributed by atoms with E-state index in [4.69, 9.17) is 30.9 Å². The van der Waals surface area contributed by atoms with Gasteiger partial charge in [-0.1, -0.05) is 0 Å². The first-order valence-electron chi connectivity index (χ1n) is 9.31. The average molecular weight is 448 g/mol. The van der Waals surface area contributed by atoms with Gasteiger partial charge in [0.2, 0.25) is 5.28 Å². The van der Waals surface area contributed by atoms with Gasteiger partial charge in [-0.2, -0.15) is 9.97 Å². The Labute approximate surface area is 171 Å². The number of hydrogen-bond acceptors (Lipinski definition) is 10. The summed E-state index contributed by atoms with van der Waals surface area (Å²) in [4.78, 5) is 12.3. The van der Waals surface area contributed by atoms with Crippen molar-refractivity contribution in [3.05, 3.63) is 11.6 Å². The van der Waals surface area contributed by atoms with Gasteiger partial charge in [-0.05, 0) is 37.8 Å². The maximum atomic E-state index is 12.6. The number of nitrogen functional groups attached to an aromatic ring is 1. The third kappa shape index (κ3) is 3.34. The minimum absolute atomic E-state index is 0.0375. The molecule has 0 bridgehead atoms. The first-order chi connectivity index (χ1) is 13.8. The molecule has 2 aromatic rings. The van der Waals surface area contributed by atoms with Crippen LogP contribution in [0.2, 0.25) is 5.28 Å². The van der Waals surface area contributed by atoms with E-state index in [1.54, 1.807) is 18.4 Å². The van der Waals surface area contributed by atoms with Gasteiger partial charge in [0.15, 0.2) is 11.5 Å². The minimum atomic E-state index is -3.73. The lowest BCUT2D eigenvalue weighted by Crippen LogP contribution is -2.36. The molecule has 0 saturated heterocycles. The predicted octanol–water partition coefficient (Wildman–Crippen LogP) is 1.54. The van der Waals surface area contributed by atoms with Gasteiger partial charge in [-0.15, -0.1) is 0 Å². The summed E-state index contributed by atoms with van der Waals surface area (Å²) in [7, 11) is -3.73. The van der Waals surface area contributed by atoms with E-state index in [0.29, 0.717) is 17.6 Å². The van der Waals surface area contributed by atoms with Crippen LogP contribution in [0.1, 0.15) is 26.3 Å². The van der Waals surface area contributed by atoms with Crippen molar-refractivity contribution in [1.29, 1.82) is 0 Å². The fourth-order valence-electron chi connectivity index (χ4n) is 4.28. The molecule has 13 heteroatoms. The zero-order valence-electron chi connectivity index (χ0n) is 15.9. The molecule has 1 unspecified atom stereocenters. The third-order valence-electron chi connectivity index (χ3n) is 5.66. The summed E-state index contributed by atoms with van der Waals surface area (Å²) in [6, 6.07) is -0.525. The lowest BCUT2D eigenvalue weighted by Gasteiger charge is -2.25. The molecule has 2 saturated carbocycles. The van der Waals surface area contributed by atoms with Gasteiger partial charge >= 0.3 is 7.82 Å². The topological polar surface area (TPSA) is 155 Å². The number of hydrogen-bond donors (Lipinski definition) is 3. The summed E-state index contributed by atoms with van der Waals surface area (Å²) in [6.07, 6.45) is -0.153. The van der Waals surface area contributed by atoms with E-state index in [9.17, 15) is 14.8 Å². The maximum Gasteiger partial charge on any atom is 0.474 e. The molecule has 0 spiro atoms. The number of phosphoric ester groups is 1. The average Bonchev–Trinajstić information content (AvgIpc) is 3.16. The van der Waals surface area contributed by atoms with Gasteiger partial charge in [-0.25, -0.2) is 9.55 Å². The molecule has 5 atom stereocenters. The lowest BCUT2D eigenvalue weighted by molar-refractivity contribution is -0.0315. The van der Waals surface area contributed by atoms with E-state index in [-0.39, 0.29) is 36.8 Å². The van der Waals surface area contributed by atoms with Gasteiger partial charge in [-0.3, -0.25) is 13.6 Å². The summed E-state index contributed by atoms with van der Waals surface area (Å²) >= 11 is 5.92. The molecule has 29 heavy (non-hydrogen) atoms. The van der Waals surface area contributed by atoms with Gasteiger partial charge in [0.1, 0.15) is 11.6 Å². The Morgan fingerprint density at radius 1 is 1.31 bits per heavy atom. The molecule has 2 aliphatic carbocycles. The SMILES string of the molecule is CCOP(=O)(OCC)OCC12C[C@@H]1[C@@H](n1cnc3c(N)nc(Cl)nc31)[C@H](O)[C@@H]2O. The second-order valence-electron chi connectivity index (χ2n) is 7.23.